The highest BCUT2D eigenvalue weighted by molar-refractivity contribution is 5.94. The van der Waals surface area contributed by atoms with E-state index in [-0.39, 0.29) is 24.3 Å². The van der Waals surface area contributed by atoms with E-state index >= 15 is 0 Å². The largest absolute Gasteiger partial charge is 0.453 e. The number of carbonyl (C=O) groups excluding carboxylic acids is 2. The molecule has 4 nitrogen and oxygen atoms in total. The Balaban J connectivity index is 1.59. The van der Waals surface area contributed by atoms with Crippen LogP contribution in [-0.4, -0.2) is 17.9 Å². The highest BCUT2D eigenvalue weighted by Gasteiger charge is 2.32. The van der Waals surface area contributed by atoms with Crippen molar-refractivity contribution in [2.45, 2.75) is 57.1 Å². The van der Waals surface area contributed by atoms with Crippen LogP contribution in [0.5, 0.6) is 0 Å². The third-order valence-corrected chi connectivity index (χ3v) is 4.37. The second-order valence-corrected chi connectivity index (χ2v) is 5.94. The minimum absolute atomic E-state index is 0.0172. The lowest BCUT2D eigenvalue weighted by atomic mass is 10.0. The molecule has 1 heterocycles. The number of nitrogens with one attached hydrogen (secondary N) is 1. The van der Waals surface area contributed by atoms with Gasteiger partial charge < -0.3 is 10.1 Å². The molecule has 1 aliphatic carbocycles. The zero-order valence-electron chi connectivity index (χ0n) is 12.1. The molecule has 0 saturated heterocycles. The Kier molecular flexibility index (Phi) is 4.23. The molecular formula is C17H21NO3. The van der Waals surface area contributed by atoms with E-state index in [1.54, 1.807) is 6.07 Å². The van der Waals surface area contributed by atoms with Gasteiger partial charge in [-0.25, -0.2) is 4.79 Å². The first kappa shape index (κ1) is 14.1. The molecule has 0 unspecified atom stereocenters. The average Bonchev–Trinajstić information content (AvgIpc) is 2.67. The molecule has 4 heteroatoms. The average molecular weight is 287 g/mol. The lowest BCUT2D eigenvalue weighted by Gasteiger charge is -2.17. The number of cyclic esters (lactones) is 1. The molecule has 0 aromatic heterocycles. The minimum atomic E-state index is -0.431. The number of rotatable bonds is 3. The van der Waals surface area contributed by atoms with Crippen molar-refractivity contribution >= 4 is 11.9 Å². The molecule has 21 heavy (non-hydrogen) atoms. The second kappa shape index (κ2) is 6.29. The molecule has 0 radical (unpaired) electrons. The van der Waals surface area contributed by atoms with E-state index in [9.17, 15) is 9.59 Å². The molecule has 112 valence electrons. The van der Waals surface area contributed by atoms with E-state index in [4.69, 9.17) is 4.74 Å². The highest BCUT2D eigenvalue weighted by atomic mass is 16.5. The van der Waals surface area contributed by atoms with Gasteiger partial charge in [0, 0.05) is 11.6 Å². The van der Waals surface area contributed by atoms with Gasteiger partial charge in [-0.05, 0) is 18.9 Å². The molecule has 1 aliphatic heterocycles. The lowest BCUT2D eigenvalue weighted by molar-refractivity contribution is -0.123. The van der Waals surface area contributed by atoms with Crippen molar-refractivity contribution in [3.05, 3.63) is 35.4 Å². The fraction of sp³-hybridized carbons (Fsp3) is 0.529. The predicted octanol–water partition coefficient (Wildman–Crippen LogP) is 3.13. The van der Waals surface area contributed by atoms with Crippen molar-refractivity contribution in [3.63, 3.8) is 0 Å². The summed E-state index contributed by atoms with van der Waals surface area (Å²) >= 11 is 0. The Morgan fingerprint density at radius 3 is 2.62 bits per heavy atom. The monoisotopic (exact) mass is 287 g/mol. The molecule has 2 aliphatic rings. The molecule has 1 fully saturated rings. The van der Waals surface area contributed by atoms with E-state index in [2.05, 4.69) is 5.32 Å². The van der Waals surface area contributed by atoms with Gasteiger partial charge in [-0.3, -0.25) is 4.79 Å². The van der Waals surface area contributed by atoms with Crippen molar-refractivity contribution in [1.82, 2.24) is 5.32 Å². The number of benzene rings is 1. The van der Waals surface area contributed by atoms with Crippen molar-refractivity contribution < 1.29 is 14.3 Å². The summed E-state index contributed by atoms with van der Waals surface area (Å²) in [5, 5.41) is 3.10. The van der Waals surface area contributed by atoms with Gasteiger partial charge in [0.15, 0.2) is 0 Å². The number of hydrogen-bond donors (Lipinski definition) is 1. The Labute approximate surface area is 124 Å². The Bertz CT molecular complexity index is 533. The molecule has 0 bridgehead atoms. The maximum atomic E-state index is 12.2. The molecular weight excluding hydrogens is 266 g/mol. The van der Waals surface area contributed by atoms with E-state index < -0.39 is 6.10 Å². The molecule has 1 aromatic rings. The van der Waals surface area contributed by atoms with Crippen molar-refractivity contribution in [1.29, 1.82) is 0 Å². The third kappa shape index (κ3) is 3.26. The summed E-state index contributed by atoms with van der Waals surface area (Å²) in [6.45, 7) is 0. The molecule has 1 saturated carbocycles. The third-order valence-electron chi connectivity index (χ3n) is 4.37. The zero-order chi connectivity index (χ0) is 14.7. The summed E-state index contributed by atoms with van der Waals surface area (Å²) in [4.78, 5) is 23.9. The van der Waals surface area contributed by atoms with Crippen LogP contribution in [0.2, 0.25) is 0 Å². The molecule has 1 amide bonds. The van der Waals surface area contributed by atoms with Gasteiger partial charge in [0.1, 0.15) is 6.10 Å². The van der Waals surface area contributed by atoms with Crippen LogP contribution in [0.1, 0.15) is 67.0 Å². The first-order chi connectivity index (χ1) is 10.2. The fourth-order valence-corrected chi connectivity index (χ4v) is 3.25. The number of amides is 1. The number of ether oxygens (including phenoxy) is 1. The van der Waals surface area contributed by atoms with E-state index in [0.29, 0.717) is 5.56 Å². The molecule has 1 N–H and O–H groups in total. The van der Waals surface area contributed by atoms with Crippen LogP contribution < -0.4 is 5.32 Å². The van der Waals surface area contributed by atoms with Crippen LogP contribution >= 0.6 is 0 Å². The number of carbonyl (C=O) groups is 2. The topological polar surface area (TPSA) is 55.4 Å². The van der Waals surface area contributed by atoms with Crippen LogP contribution in [0.3, 0.4) is 0 Å². The van der Waals surface area contributed by atoms with Crippen LogP contribution in [0.4, 0.5) is 0 Å². The maximum absolute atomic E-state index is 12.2. The van der Waals surface area contributed by atoms with Crippen molar-refractivity contribution in [3.8, 4) is 0 Å². The van der Waals surface area contributed by atoms with Gasteiger partial charge >= 0.3 is 5.97 Å². The molecule has 1 aromatic carbocycles. The Hall–Kier alpha value is -1.84. The smallest absolute Gasteiger partial charge is 0.339 e. The summed E-state index contributed by atoms with van der Waals surface area (Å²) in [7, 11) is 0. The van der Waals surface area contributed by atoms with Gasteiger partial charge in [-0.15, -0.1) is 0 Å². The standard InChI is InChI=1S/C17H21NO3/c19-16(18-12-7-3-1-2-4-8-12)11-15-13-9-5-6-10-14(13)17(20)21-15/h5-6,9-10,12,15H,1-4,7-8,11H2,(H,18,19)/t15-/m1/s1. The van der Waals surface area contributed by atoms with Gasteiger partial charge in [-0.1, -0.05) is 43.9 Å². The predicted molar refractivity (Wildman–Crippen MR) is 78.8 cm³/mol. The first-order valence-electron chi connectivity index (χ1n) is 7.83. The maximum Gasteiger partial charge on any atom is 0.339 e. The number of hydrogen-bond acceptors (Lipinski definition) is 3. The van der Waals surface area contributed by atoms with Gasteiger partial charge in [0.2, 0.25) is 5.91 Å². The van der Waals surface area contributed by atoms with E-state index in [1.165, 1.54) is 25.7 Å². The second-order valence-electron chi connectivity index (χ2n) is 5.94. The molecule has 1 atom stereocenters. The van der Waals surface area contributed by atoms with Gasteiger partial charge in [0.25, 0.3) is 0 Å². The van der Waals surface area contributed by atoms with Crippen LogP contribution in [0.15, 0.2) is 24.3 Å². The minimum Gasteiger partial charge on any atom is -0.453 e. The SMILES string of the molecule is O=C(C[C@H]1OC(=O)c2ccccc21)NC1CCCCCC1. The van der Waals surface area contributed by atoms with Crippen molar-refractivity contribution in [2.75, 3.05) is 0 Å². The number of fused-ring (bicyclic) bond motifs is 1. The first-order valence-corrected chi connectivity index (χ1v) is 7.83. The zero-order valence-corrected chi connectivity index (χ0v) is 12.1. The summed E-state index contributed by atoms with van der Waals surface area (Å²) in [6.07, 6.45) is 6.82. The summed E-state index contributed by atoms with van der Waals surface area (Å²) < 4.78 is 5.32. The fourth-order valence-electron chi connectivity index (χ4n) is 3.25. The summed E-state index contributed by atoms with van der Waals surface area (Å²) in [5.41, 5.74) is 1.42. The Morgan fingerprint density at radius 1 is 1.14 bits per heavy atom. The highest BCUT2D eigenvalue weighted by Crippen LogP contribution is 2.32. The quantitative estimate of drug-likeness (QED) is 0.686. The summed E-state index contributed by atoms with van der Waals surface area (Å²) in [6, 6.07) is 7.59. The summed E-state index contributed by atoms with van der Waals surface area (Å²) in [5.74, 6) is -0.339. The number of esters is 1. The van der Waals surface area contributed by atoms with E-state index in [1.807, 2.05) is 18.2 Å². The lowest BCUT2D eigenvalue weighted by Crippen LogP contribution is -2.35. The molecule has 0 spiro atoms. The van der Waals surface area contributed by atoms with Crippen LogP contribution in [0, 0.1) is 0 Å². The van der Waals surface area contributed by atoms with Gasteiger partial charge in [-0.2, -0.15) is 0 Å². The Morgan fingerprint density at radius 2 is 1.86 bits per heavy atom. The van der Waals surface area contributed by atoms with Crippen LogP contribution in [0.25, 0.3) is 0 Å². The van der Waals surface area contributed by atoms with Crippen molar-refractivity contribution in [2.24, 2.45) is 0 Å². The van der Waals surface area contributed by atoms with Gasteiger partial charge in [0.05, 0.1) is 12.0 Å². The van der Waals surface area contributed by atoms with E-state index in [0.717, 1.165) is 18.4 Å². The normalized spacial score (nSPS) is 22.3. The van der Waals surface area contributed by atoms with Crippen LogP contribution in [-0.2, 0) is 9.53 Å². The molecule has 3 rings (SSSR count).